The Balaban J connectivity index is 0.871. The molecule has 0 aromatic heterocycles. The number of fused-ring (bicyclic) bond motifs is 7. The zero-order valence-corrected chi connectivity index (χ0v) is 58.9. The fraction of sp³-hybridized carbons (Fsp3) is 0.886. The molecule has 35 unspecified atom stereocenters. The van der Waals surface area contributed by atoms with Crippen LogP contribution in [-0.4, -0.2) is 308 Å². The molecular weight excluding hydrogens is 1340 g/mol. The molecule has 5 heterocycles. The summed E-state index contributed by atoms with van der Waals surface area (Å²) in [6, 6.07) is 0. The standard InChI is InChI=1S/C70H112O31/c1-11-66(7,90)18-12-13-30(2)57(87)91-28-37-46(79)56(51(84)60(97-37)98-41-17-19-67(8)38(65(41,5)6)16-20-69(10)39(67)15-14-31-32-23-64(3,4)40(74)24-70(32,63(88)89)22-21-68(31,69)9)101-62-53(86)55(45(78)35(27-73)95-62)100-61-52(85)54(44(77)34(26-72)94-61)99-59-50(83)48(81)43(76)36(96-59)29-92-58-49(82)47(80)42(75)33(25-71)93-58/h11,13-14,32-56,58-62,71-86,90H,1,12,15-29H2,2-10H3,(H,88,89). The Morgan fingerprint density at radius 2 is 1.05 bits per heavy atom. The van der Waals surface area contributed by atoms with Gasteiger partial charge >= 0.3 is 11.9 Å². The second-order valence-corrected chi connectivity index (χ2v) is 32.6. The summed E-state index contributed by atoms with van der Waals surface area (Å²) in [5.74, 6) is -1.74. The maximum Gasteiger partial charge on any atom is 0.333 e. The minimum Gasteiger partial charge on any atom is -0.481 e. The van der Waals surface area contributed by atoms with Crippen molar-refractivity contribution < 1.29 is 154 Å². The van der Waals surface area contributed by atoms with Crippen LogP contribution in [0.4, 0.5) is 0 Å². The minimum atomic E-state index is -2.23. The van der Waals surface area contributed by atoms with Gasteiger partial charge in [-0.25, -0.2) is 4.79 Å². The van der Waals surface area contributed by atoms with Gasteiger partial charge in [-0.15, -0.1) is 6.58 Å². The fourth-order valence-electron chi connectivity index (χ4n) is 19.0. The lowest BCUT2D eigenvalue weighted by Gasteiger charge is -2.71. The summed E-state index contributed by atoms with van der Waals surface area (Å²) in [6.45, 7) is 17.7. The number of hydrogen-bond acceptors (Lipinski definition) is 30. The largest absolute Gasteiger partial charge is 0.481 e. The molecular formula is C70H112O31. The van der Waals surface area contributed by atoms with E-state index in [1.54, 1.807) is 13.0 Å². The first-order valence-corrected chi connectivity index (χ1v) is 35.5. The first-order valence-electron chi connectivity index (χ1n) is 35.5. The number of allylic oxidation sites excluding steroid dienone is 3. The van der Waals surface area contributed by atoms with Crippen molar-refractivity contribution in [3.05, 3.63) is 36.0 Å². The average Bonchev–Trinajstić information content (AvgIpc) is 0.675. The van der Waals surface area contributed by atoms with Gasteiger partial charge in [0.2, 0.25) is 0 Å². The lowest BCUT2D eigenvalue weighted by Crippen LogP contribution is -2.68. The van der Waals surface area contributed by atoms with Gasteiger partial charge in [0.1, 0.15) is 129 Å². The van der Waals surface area contributed by atoms with Crippen LogP contribution in [0.15, 0.2) is 36.0 Å². The number of aliphatic hydroxyl groups excluding tert-OH is 16. The lowest BCUT2D eigenvalue weighted by molar-refractivity contribution is -0.393. The maximum absolute atomic E-state index is 13.6. The molecule has 5 aliphatic heterocycles. The molecule has 10 aliphatic rings. The molecule has 0 radical (unpaired) electrons. The molecule has 578 valence electrons. The number of ether oxygens (including phenoxy) is 11. The van der Waals surface area contributed by atoms with E-state index in [1.807, 2.05) is 13.8 Å². The number of hydrogen-bond donors (Lipinski definition) is 18. The van der Waals surface area contributed by atoms with Crippen molar-refractivity contribution >= 4 is 11.9 Å². The minimum absolute atomic E-state index is 0.0206. The Hall–Kier alpha value is -2.92. The van der Waals surface area contributed by atoms with Crippen LogP contribution in [0.2, 0.25) is 0 Å². The molecule has 10 rings (SSSR count). The van der Waals surface area contributed by atoms with Crippen LogP contribution in [-0.2, 0) is 61.7 Å². The fourth-order valence-corrected chi connectivity index (χ4v) is 19.0. The van der Waals surface area contributed by atoms with Gasteiger partial charge in [0.15, 0.2) is 31.5 Å². The van der Waals surface area contributed by atoms with Crippen LogP contribution in [0, 0.1) is 50.2 Å². The number of esters is 1. The van der Waals surface area contributed by atoms with E-state index in [0.717, 1.165) is 19.3 Å². The summed E-state index contributed by atoms with van der Waals surface area (Å²) in [5.41, 5.74) is -2.94. The van der Waals surface area contributed by atoms with Crippen molar-refractivity contribution in [2.45, 2.75) is 304 Å². The third kappa shape index (κ3) is 14.7. The molecule has 5 saturated heterocycles. The SMILES string of the molecule is C=CC(C)(O)CCC=C(C)C(=O)OCC1OC(OC2CCC3(C)C(CCC4(C)C3CC=C3C5CC(C)(C)C(O)CC5(C(=O)O)CCC34C)C2(C)C)C(O)C(OC2OC(CO)C(O)C(OC3OC(CO)C(O)C(OC4OC(COC5OC(CO)C(O)C(O)C5O)C(O)C(O)C4O)C3O)C2O)C1O. The molecule has 35 atom stereocenters. The number of carboxylic acid groups (broad SMARTS) is 1. The van der Waals surface area contributed by atoms with Gasteiger partial charge in [-0.3, -0.25) is 4.79 Å². The third-order valence-corrected chi connectivity index (χ3v) is 25.8. The van der Waals surface area contributed by atoms with Crippen LogP contribution in [0.1, 0.15) is 133 Å². The topological polar surface area (TPSA) is 500 Å². The van der Waals surface area contributed by atoms with E-state index < -0.39 is 233 Å². The highest BCUT2D eigenvalue weighted by molar-refractivity contribution is 5.87. The molecule has 31 heteroatoms. The Labute approximate surface area is 587 Å². The van der Waals surface area contributed by atoms with Gasteiger partial charge in [-0.1, -0.05) is 72.3 Å². The average molecular weight is 1450 g/mol. The predicted molar refractivity (Wildman–Crippen MR) is 345 cm³/mol. The zero-order valence-electron chi connectivity index (χ0n) is 58.9. The van der Waals surface area contributed by atoms with Gasteiger partial charge < -0.3 is 144 Å². The zero-order chi connectivity index (χ0) is 74.3. The van der Waals surface area contributed by atoms with Gasteiger partial charge in [0.25, 0.3) is 0 Å². The highest BCUT2D eigenvalue weighted by Crippen LogP contribution is 2.76. The van der Waals surface area contributed by atoms with Crippen molar-refractivity contribution in [2.75, 3.05) is 33.0 Å². The molecule has 0 bridgehead atoms. The number of aliphatic carboxylic acids is 1. The Morgan fingerprint density at radius 1 is 0.574 bits per heavy atom. The van der Waals surface area contributed by atoms with Crippen molar-refractivity contribution in [3.8, 4) is 0 Å². The summed E-state index contributed by atoms with van der Waals surface area (Å²) >= 11 is 0. The van der Waals surface area contributed by atoms with Crippen molar-refractivity contribution in [1.29, 1.82) is 0 Å². The van der Waals surface area contributed by atoms with Gasteiger partial charge in [0, 0.05) is 5.57 Å². The van der Waals surface area contributed by atoms with E-state index in [0.29, 0.717) is 32.1 Å². The van der Waals surface area contributed by atoms with E-state index in [9.17, 15) is 102 Å². The molecule has 0 aromatic carbocycles. The first-order chi connectivity index (χ1) is 47.2. The summed E-state index contributed by atoms with van der Waals surface area (Å²) in [4.78, 5) is 27.0. The first kappa shape index (κ1) is 80.6. The Morgan fingerprint density at radius 3 is 1.58 bits per heavy atom. The van der Waals surface area contributed by atoms with E-state index in [4.69, 9.17) is 52.1 Å². The molecule has 0 amide bonds. The molecule has 9 fully saturated rings. The van der Waals surface area contributed by atoms with Crippen LogP contribution in [0.25, 0.3) is 0 Å². The van der Waals surface area contributed by atoms with Gasteiger partial charge in [0.05, 0.1) is 49.7 Å². The van der Waals surface area contributed by atoms with E-state index in [1.165, 1.54) is 18.6 Å². The van der Waals surface area contributed by atoms with Crippen molar-refractivity contribution in [1.82, 2.24) is 0 Å². The molecule has 0 spiro atoms. The van der Waals surface area contributed by atoms with Crippen molar-refractivity contribution in [3.63, 3.8) is 0 Å². The predicted octanol–water partition coefficient (Wildman–Crippen LogP) is -2.46. The van der Waals surface area contributed by atoms with Crippen LogP contribution in [0.5, 0.6) is 0 Å². The number of carboxylic acids is 1. The maximum atomic E-state index is 13.6. The molecule has 4 saturated carbocycles. The number of carbonyl (C=O) groups excluding carboxylic acids is 1. The highest BCUT2D eigenvalue weighted by Gasteiger charge is 2.71. The van der Waals surface area contributed by atoms with E-state index in [-0.39, 0.29) is 58.8 Å². The lowest BCUT2D eigenvalue weighted by atomic mass is 9.33. The molecule has 18 N–H and O–H groups in total. The van der Waals surface area contributed by atoms with E-state index >= 15 is 0 Å². The summed E-state index contributed by atoms with van der Waals surface area (Å²) < 4.78 is 65.5. The van der Waals surface area contributed by atoms with Gasteiger partial charge in [-0.2, -0.15) is 0 Å². The summed E-state index contributed by atoms with van der Waals surface area (Å²) in [5, 5.41) is 199. The van der Waals surface area contributed by atoms with Gasteiger partial charge in [-0.05, 0) is 129 Å². The van der Waals surface area contributed by atoms with Crippen molar-refractivity contribution in [2.24, 2.45) is 50.2 Å². The number of aliphatic hydroxyl groups is 17. The summed E-state index contributed by atoms with van der Waals surface area (Å²) in [7, 11) is 0. The summed E-state index contributed by atoms with van der Waals surface area (Å²) in [6.07, 6.45) is -38.0. The second-order valence-electron chi connectivity index (χ2n) is 32.6. The monoisotopic (exact) mass is 1450 g/mol. The molecule has 5 aliphatic carbocycles. The van der Waals surface area contributed by atoms with E-state index in [2.05, 4.69) is 47.3 Å². The van der Waals surface area contributed by atoms with Crippen LogP contribution in [0.3, 0.4) is 0 Å². The Bertz CT molecular complexity index is 2930. The third-order valence-electron chi connectivity index (χ3n) is 25.8. The normalized spacial score (nSPS) is 49.7. The van der Waals surface area contributed by atoms with Crippen LogP contribution < -0.4 is 0 Å². The van der Waals surface area contributed by atoms with Crippen LogP contribution >= 0.6 is 0 Å². The smallest absolute Gasteiger partial charge is 0.333 e. The number of rotatable bonds is 22. The second kappa shape index (κ2) is 30.6. The molecule has 31 nitrogen and oxygen atoms in total. The highest BCUT2D eigenvalue weighted by atomic mass is 16.8. The number of carbonyl (C=O) groups is 2. The molecule has 101 heavy (non-hydrogen) atoms. The quantitative estimate of drug-likeness (QED) is 0.0231. The Kier molecular flexibility index (Phi) is 24.4. The molecule has 0 aromatic rings.